The maximum atomic E-state index is 11.1. The molecule has 1 aromatic heterocycles. The van der Waals surface area contributed by atoms with Crippen LogP contribution in [0.25, 0.3) is 0 Å². The smallest absolute Gasteiger partial charge is 0.317 e. The van der Waals surface area contributed by atoms with Crippen LogP contribution in [0.15, 0.2) is 4.79 Å². The SMILES string of the molecule is COc1nnc(C)c(=O)n1C. The molecule has 0 fully saturated rings. The molecule has 0 bridgehead atoms. The van der Waals surface area contributed by atoms with Crippen molar-refractivity contribution >= 4 is 0 Å². The molecule has 0 atom stereocenters. The highest BCUT2D eigenvalue weighted by molar-refractivity contribution is 4.98. The topological polar surface area (TPSA) is 57.0 Å². The summed E-state index contributed by atoms with van der Waals surface area (Å²) in [7, 11) is 3.03. The van der Waals surface area contributed by atoms with Crippen LogP contribution in [0.1, 0.15) is 5.69 Å². The van der Waals surface area contributed by atoms with E-state index in [9.17, 15) is 4.79 Å². The van der Waals surface area contributed by atoms with Crippen molar-refractivity contribution in [1.29, 1.82) is 0 Å². The second-order valence-corrected chi connectivity index (χ2v) is 2.14. The quantitative estimate of drug-likeness (QED) is 0.548. The van der Waals surface area contributed by atoms with Gasteiger partial charge in [0.2, 0.25) is 0 Å². The van der Waals surface area contributed by atoms with Gasteiger partial charge in [0.05, 0.1) is 7.11 Å². The van der Waals surface area contributed by atoms with E-state index in [1.54, 1.807) is 14.0 Å². The second kappa shape index (κ2) is 2.69. The summed E-state index contributed by atoms with van der Waals surface area (Å²) < 4.78 is 6.08. The van der Waals surface area contributed by atoms with Crippen LogP contribution in [0.3, 0.4) is 0 Å². The first-order chi connectivity index (χ1) is 5.16. The number of nitrogens with zero attached hydrogens (tertiary/aromatic N) is 3. The van der Waals surface area contributed by atoms with Crippen molar-refractivity contribution in [1.82, 2.24) is 14.8 Å². The van der Waals surface area contributed by atoms with E-state index in [4.69, 9.17) is 4.74 Å². The van der Waals surface area contributed by atoms with Crippen LogP contribution in [0.4, 0.5) is 0 Å². The van der Waals surface area contributed by atoms with Gasteiger partial charge in [0, 0.05) is 7.05 Å². The Morgan fingerprint density at radius 2 is 2.09 bits per heavy atom. The van der Waals surface area contributed by atoms with Gasteiger partial charge in [-0.25, -0.2) is 0 Å². The zero-order chi connectivity index (χ0) is 8.43. The number of rotatable bonds is 1. The molecular formula is C6H9N3O2. The summed E-state index contributed by atoms with van der Waals surface area (Å²) in [4.78, 5) is 11.1. The minimum atomic E-state index is -0.183. The predicted octanol–water partition coefficient (Wildman–Crippen LogP) is -0.508. The summed E-state index contributed by atoms with van der Waals surface area (Å²) in [6.07, 6.45) is 0. The van der Waals surface area contributed by atoms with E-state index >= 15 is 0 Å². The summed E-state index contributed by atoms with van der Waals surface area (Å²) in [5.41, 5.74) is 0.185. The van der Waals surface area contributed by atoms with E-state index in [0.717, 1.165) is 0 Å². The third-order valence-electron chi connectivity index (χ3n) is 1.37. The Bertz CT molecular complexity index is 318. The number of methoxy groups -OCH3 is 1. The van der Waals surface area contributed by atoms with E-state index in [1.807, 2.05) is 0 Å². The zero-order valence-electron chi connectivity index (χ0n) is 6.66. The Morgan fingerprint density at radius 3 is 2.64 bits per heavy atom. The van der Waals surface area contributed by atoms with Crippen molar-refractivity contribution in [2.45, 2.75) is 6.92 Å². The maximum absolute atomic E-state index is 11.1. The van der Waals surface area contributed by atoms with E-state index in [-0.39, 0.29) is 11.6 Å². The molecular weight excluding hydrogens is 146 g/mol. The lowest BCUT2D eigenvalue weighted by molar-refractivity contribution is 0.348. The first-order valence-electron chi connectivity index (χ1n) is 3.11. The van der Waals surface area contributed by atoms with Crippen LogP contribution in [0.5, 0.6) is 6.01 Å². The number of hydrogen-bond donors (Lipinski definition) is 0. The second-order valence-electron chi connectivity index (χ2n) is 2.14. The molecule has 1 rings (SSSR count). The van der Waals surface area contributed by atoms with Gasteiger partial charge in [-0.2, -0.15) is 0 Å². The Balaban J connectivity index is 3.37. The molecule has 0 spiro atoms. The molecule has 0 saturated heterocycles. The highest BCUT2D eigenvalue weighted by Gasteiger charge is 2.03. The summed E-state index contributed by atoms with van der Waals surface area (Å²) >= 11 is 0. The number of ether oxygens (including phenoxy) is 1. The molecule has 5 heteroatoms. The standard InChI is InChI=1S/C6H9N3O2/c1-4-5(10)9(2)6(11-3)8-7-4/h1-3H3. The van der Waals surface area contributed by atoms with Crippen LogP contribution < -0.4 is 10.3 Å². The fraction of sp³-hybridized carbons (Fsp3) is 0.500. The summed E-state index contributed by atoms with van der Waals surface area (Å²) in [6.45, 7) is 1.61. The number of hydrogen-bond acceptors (Lipinski definition) is 4. The average Bonchev–Trinajstić information content (AvgIpc) is 2.01. The summed E-state index contributed by atoms with van der Waals surface area (Å²) in [5.74, 6) is 0. The maximum Gasteiger partial charge on any atom is 0.317 e. The van der Waals surface area contributed by atoms with Crippen LogP contribution in [0, 0.1) is 6.92 Å². The van der Waals surface area contributed by atoms with E-state index in [0.29, 0.717) is 5.69 Å². The first kappa shape index (κ1) is 7.71. The lowest BCUT2D eigenvalue weighted by atomic mass is 10.5. The number of aryl methyl sites for hydroxylation is 1. The van der Waals surface area contributed by atoms with Crippen molar-refractivity contribution in [2.75, 3.05) is 7.11 Å². The normalized spacial score (nSPS) is 9.73. The van der Waals surface area contributed by atoms with Crippen LogP contribution in [0.2, 0.25) is 0 Å². The molecule has 0 radical (unpaired) electrons. The highest BCUT2D eigenvalue weighted by Crippen LogP contribution is 1.96. The Hall–Kier alpha value is -1.39. The van der Waals surface area contributed by atoms with E-state index < -0.39 is 0 Å². The zero-order valence-corrected chi connectivity index (χ0v) is 6.66. The minimum Gasteiger partial charge on any atom is -0.467 e. The third-order valence-corrected chi connectivity index (χ3v) is 1.37. The average molecular weight is 155 g/mol. The van der Waals surface area contributed by atoms with Crippen molar-refractivity contribution in [2.24, 2.45) is 7.05 Å². The van der Waals surface area contributed by atoms with Gasteiger partial charge in [-0.1, -0.05) is 5.10 Å². The van der Waals surface area contributed by atoms with Gasteiger partial charge in [-0.3, -0.25) is 9.36 Å². The van der Waals surface area contributed by atoms with Gasteiger partial charge in [0.25, 0.3) is 5.56 Å². The first-order valence-corrected chi connectivity index (χ1v) is 3.11. The van der Waals surface area contributed by atoms with Gasteiger partial charge in [-0.15, -0.1) is 5.10 Å². The van der Waals surface area contributed by atoms with Gasteiger partial charge in [0.1, 0.15) is 5.69 Å². The van der Waals surface area contributed by atoms with Gasteiger partial charge >= 0.3 is 6.01 Å². The van der Waals surface area contributed by atoms with Crippen LogP contribution >= 0.6 is 0 Å². The predicted molar refractivity (Wildman–Crippen MR) is 38.6 cm³/mol. The third kappa shape index (κ3) is 1.21. The van der Waals surface area contributed by atoms with Crippen molar-refractivity contribution in [3.05, 3.63) is 16.0 Å². The lowest BCUT2D eigenvalue weighted by Crippen LogP contribution is -2.23. The molecule has 0 N–H and O–H groups in total. The molecule has 0 aliphatic heterocycles. The minimum absolute atomic E-state index is 0.183. The molecule has 60 valence electrons. The molecule has 11 heavy (non-hydrogen) atoms. The molecule has 0 aliphatic carbocycles. The number of aromatic nitrogens is 3. The Labute approximate surface area is 63.6 Å². The van der Waals surface area contributed by atoms with Crippen molar-refractivity contribution in [3.8, 4) is 6.01 Å². The van der Waals surface area contributed by atoms with Crippen LogP contribution in [-0.4, -0.2) is 21.9 Å². The molecule has 1 aromatic rings. The van der Waals surface area contributed by atoms with Crippen molar-refractivity contribution in [3.63, 3.8) is 0 Å². The van der Waals surface area contributed by atoms with Gasteiger partial charge in [0.15, 0.2) is 0 Å². The fourth-order valence-electron chi connectivity index (χ4n) is 0.735. The molecule has 0 unspecified atom stereocenters. The van der Waals surface area contributed by atoms with Crippen LogP contribution in [-0.2, 0) is 7.05 Å². The Kier molecular flexibility index (Phi) is 1.89. The fourth-order valence-corrected chi connectivity index (χ4v) is 0.735. The molecule has 0 aromatic carbocycles. The summed E-state index contributed by atoms with van der Waals surface area (Å²) in [5, 5.41) is 7.25. The summed E-state index contributed by atoms with van der Waals surface area (Å²) in [6, 6.07) is 0.223. The van der Waals surface area contributed by atoms with E-state index in [2.05, 4.69) is 10.2 Å². The largest absolute Gasteiger partial charge is 0.467 e. The van der Waals surface area contributed by atoms with Gasteiger partial charge < -0.3 is 4.74 Å². The van der Waals surface area contributed by atoms with Crippen molar-refractivity contribution < 1.29 is 4.74 Å². The van der Waals surface area contributed by atoms with E-state index in [1.165, 1.54) is 11.7 Å². The molecule has 0 saturated carbocycles. The lowest BCUT2D eigenvalue weighted by Gasteiger charge is -2.02. The Morgan fingerprint density at radius 1 is 1.45 bits per heavy atom. The van der Waals surface area contributed by atoms with Gasteiger partial charge in [-0.05, 0) is 6.92 Å². The molecule has 0 aliphatic rings. The molecule has 0 amide bonds. The molecule has 1 heterocycles. The monoisotopic (exact) mass is 155 g/mol. The highest BCUT2D eigenvalue weighted by atomic mass is 16.5. The molecule has 5 nitrogen and oxygen atoms in total.